The lowest BCUT2D eigenvalue weighted by Gasteiger charge is -2.08. The number of carbonyl (C=O) groups excluding carboxylic acids is 1. The monoisotopic (exact) mass is 242 g/mol. The molecule has 0 saturated heterocycles. The van der Waals surface area contributed by atoms with Gasteiger partial charge in [-0.05, 0) is 17.5 Å². The highest BCUT2D eigenvalue weighted by atomic mass is 35.5. The molecule has 16 heavy (non-hydrogen) atoms. The highest BCUT2D eigenvalue weighted by Crippen LogP contribution is 2.12. The summed E-state index contributed by atoms with van der Waals surface area (Å²) in [5, 5.41) is -0.636. The third kappa shape index (κ3) is 3.83. The van der Waals surface area contributed by atoms with Crippen LogP contribution in [0.2, 0.25) is 0 Å². The first-order valence-corrected chi connectivity index (χ1v) is 5.39. The van der Waals surface area contributed by atoms with Crippen LogP contribution in [-0.2, 0) is 27.3 Å². The molecule has 1 unspecified atom stereocenters. The quantitative estimate of drug-likeness (QED) is 0.586. The first kappa shape index (κ1) is 13.0. The highest BCUT2D eigenvalue weighted by molar-refractivity contribution is 6.30. The summed E-state index contributed by atoms with van der Waals surface area (Å²) in [6.07, 6.45) is 0.464. The normalized spacial score (nSPS) is 12.2. The number of rotatable bonds is 5. The maximum absolute atomic E-state index is 11.1. The maximum Gasteiger partial charge on any atom is 0.324 e. The molecule has 0 bridgehead atoms. The fourth-order valence-corrected chi connectivity index (χ4v) is 1.70. The lowest BCUT2D eigenvalue weighted by Crippen LogP contribution is -2.18. The minimum absolute atomic E-state index is 0.404. The predicted octanol–water partition coefficient (Wildman–Crippen LogP) is 2.16. The van der Waals surface area contributed by atoms with E-state index >= 15 is 0 Å². The fourth-order valence-electron chi connectivity index (χ4n) is 1.43. The second kappa shape index (κ2) is 6.51. The van der Waals surface area contributed by atoms with Crippen LogP contribution < -0.4 is 0 Å². The molecule has 3 nitrogen and oxygen atoms in total. The van der Waals surface area contributed by atoms with Gasteiger partial charge in [0.05, 0.1) is 13.7 Å². The minimum Gasteiger partial charge on any atom is -0.468 e. The molecule has 0 radical (unpaired) electrons. The number of carbonyl (C=O) groups is 1. The summed E-state index contributed by atoms with van der Waals surface area (Å²) in [7, 11) is 2.98. The van der Waals surface area contributed by atoms with E-state index in [4.69, 9.17) is 16.3 Å². The lowest BCUT2D eigenvalue weighted by atomic mass is 10.1. The Bertz CT molecular complexity index is 352. The first-order chi connectivity index (χ1) is 7.67. The van der Waals surface area contributed by atoms with Gasteiger partial charge in [0.2, 0.25) is 0 Å². The standard InChI is InChI=1S/C12H15ClO3/c1-15-8-10-5-3-4-9(6-10)7-11(13)12(14)16-2/h3-6,11H,7-8H2,1-2H3. The predicted molar refractivity (Wildman–Crippen MR) is 62.5 cm³/mol. The number of halogens is 1. The largest absolute Gasteiger partial charge is 0.468 e. The van der Waals surface area contributed by atoms with E-state index in [1.54, 1.807) is 7.11 Å². The topological polar surface area (TPSA) is 35.5 Å². The summed E-state index contributed by atoms with van der Waals surface area (Å²) in [6.45, 7) is 0.555. The van der Waals surface area contributed by atoms with E-state index in [0.717, 1.165) is 11.1 Å². The maximum atomic E-state index is 11.1. The summed E-state index contributed by atoms with van der Waals surface area (Å²) in [5.41, 5.74) is 2.06. The van der Waals surface area contributed by atoms with E-state index in [1.165, 1.54) is 7.11 Å². The number of alkyl halides is 1. The van der Waals surface area contributed by atoms with E-state index in [1.807, 2.05) is 24.3 Å². The number of benzene rings is 1. The van der Waals surface area contributed by atoms with Crippen molar-refractivity contribution in [2.45, 2.75) is 18.4 Å². The van der Waals surface area contributed by atoms with Crippen LogP contribution in [0.25, 0.3) is 0 Å². The van der Waals surface area contributed by atoms with Gasteiger partial charge in [-0.2, -0.15) is 0 Å². The Hall–Kier alpha value is -1.06. The smallest absolute Gasteiger partial charge is 0.324 e. The molecule has 0 amide bonds. The Morgan fingerprint density at radius 2 is 2.06 bits per heavy atom. The van der Waals surface area contributed by atoms with Gasteiger partial charge in [0.1, 0.15) is 5.38 Å². The van der Waals surface area contributed by atoms with Crippen LogP contribution in [0.15, 0.2) is 24.3 Å². The molecule has 0 spiro atoms. The van der Waals surface area contributed by atoms with Crippen LogP contribution in [0, 0.1) is 0 Å². The van der Waals surface area contributed by atoms with E-state index in [9.17, 15) is 4.79 Å². The molecule has 0 heterocycles. The van der Waals surface area contributed by atoms with Crippen LogP contribution in [-0.4, -0.2) is 25.6 Å². The second-order valence-corrected chi connectivity index (χ2v) is 3.97. The molecule has 4 heteroatoms. The molecule has 1 aromatic rings. The molecule has 1 rings (SSSR count). The molecule has 88 valence electrons. The van der Waals surface area contributed by atoms with E-state index in [2.05, 4.69) is 4.74 Å². The number of hydrogen-bond donors (Lipinski definition) is 0. The SMILES string of the molecule is COCc1cccc(CC(Cl)C(=O)OC)c1. The Morgan fingerprint density at radius 1 is 1.38 bits per heavy atom. The van der Waals surface area contributed by atoms with Gasteiger partial charge in [-0.3, -0.25) is 4.79 Å². The average Bonchev–Trinajstić information content (AvgIpc) is 2.29. The summed E-state index contributed by atoms with van der Waals surface area (Å²) >= 11 is 5.89. The van der Waals surface area contributed by atoms with Crippen LogP contribution in [0.1, 0.15) is 11.1 Å². The van der Waals surface area contributed by atoms with Crippen LogP contribution in [0.3, 0.4) is 0 Å². The van der Waals surface area contributed by atoms with Crippen LogP contribution in [0.5, 0.6) is 0 Å². The van der Waals surface area contributed by atoms with Crippen molar-refractivity contribution in [3.63, 3.8) is 0 Å². The molecule has 0 N–H and O–H groups in total. The molecule has 1 atom stereocenters. The van der Waals surface area contributed by atoms with Gasteiger partial charge in [-0.25, -0.2) is 0 Å². The van der Waals surface area contributed by atoms with Gasteiger partial charge < -0.3 is 9.47 Å². The van der Waals surface area contributed by atoms with Crippen molar-refractivity contribution in [2.24, 2.45) is 0 Å². The minimum atomic E-state index is -0.636. The van der Waals surface area contributed by atoms with Crippen molar-refractivity contribution in [1.29, 1.82) is 0 Å². The summed E-state index contributed by atoms with van der Waals surface area (Å²) < 4.78 is 9.60. The Balaban J connectivity index is 2.66. The first-order valence-electron chi connectivity index (χ1n) is 4.96. The van der Waals surface area contributed by atoms with Crippen molar-refractivity contribution in [3.05, 3.63) is 35.4 Å². The molecular formula is C12H15ClO3. The molecule has 0 aromatic heterocycles. The average molecular weight is 243 g/mol. The van der Waals surface area contributed by atoms with Crippen molar-refractivity contribution < 1.29 is 14.3 Å². The summed E-state index contributed by atoms with van der Waals surface area (Å²) in [4.78, 5) is 11.1. The van der Waals surface area contributed by atoms with Crippen LogP contribution >= 0.6 is 11.6 Å². The third-order valence-corrected chi connectivity index (χ3v) is 2.51. The number of methoxy groups -OCH3 is 2. The van der Waals surface area contributed by atoms with Gasteiger partial charge in [0.25, 0.3) is 0 Å². The lowest BCUT2D eigenvalue weighted by molar-refractivity contribution is -0.140. The fraction of sp³-hybridized carbons (Fsp3) is 0.417. The van der Waals surface area contributed by atoms with Gasteiger partial charge in [-0.1, -0.05) is 24.3 Å². The summed E-state index contributed by atoms with van der Waals surface area (Å²) in [6, 6.07) is 7.79. The number of hydrogen-bond acceptors (Lipinski definition) is 3. The Morgan fingerprint density at radius 3 is 2.69 bits per heavy atom. The van der Waals surface area contributed by atoms with Gasteiger partial charge in [0.15, 0.2) is 0 Å². The molecule has 0 saturated carbocycles. The van der Waals surface area contributed by atoms with E-state index in [0.29, 0.717) is 13.0 Å². The molecule has 1 aromatic carbocycles. The number of esters is 1. The van der Waals surface area contributed by atoms with Crippen LogP contribution in [0.4, 0.5) is 0 Å². The molecule has 0 aliphatic heterocycles. The van der Waals surface area contributed by atoms with E-state index in [-0.39, 0.29) is 0 Å². The van der Waals surface area contributed by atoms with Crippen molar-refractivity contribution in [1.82, 2.24) is 0 Å². The zero-order valence-electron chi connectivity index (χ0n) is 9.40. The third-order valence-electron chi connectivity index (χ3n) is 2.17. The van der Waals surface area contributed by atoms with E-state index < -0.39 is 11.3 Å². The van der Waals surface area contributed by atoms with Gasteiger partial charge in [0, 0.05) is 7.11 Å². The zero-order chi connectivity index (χ0) is 12.0. The highest BCUT2D eigenvalue weighted by Gasteiger charge is 2.16. The van der Waals surface area contributed by atoms with Crippen molar-refractivity contribution in [2.75, 3.05) is 14.2 Å². The molecule has 0 aliphatic rings. The Labute approximate surface area is 100 Å². The zero-order valence-corrected chi connectivity index (χ0v) is 10.2. The molecule has 0 aliphatic carbocycles. The van der Waals surface area contributed by atoms with Gasteiger partial charge >= 0.3 is 5.97 Å². The molecular weight excluding hydrogens is 228 g/mol. The van der Waals surface area contributed by atoms with Crippen molar-refractivity contribution >= 4 is 17.6 Å². The summed E-state index contributed by atoms with van der Waals surface area (Å²) in [5.74, 6) is -0.404. The Kier molecular flexibility index (Phi) is 5.29. The van der Waals surface area contributed by atoms with Crippen molar-refractivity contribution in [3.8, 4) is 0 Å². The second-order valence-electron chi connectivity index (χ2n) is 3.45. The van der Waals surface area contributed by atoms with Gasteiger partial charge in [-0.15, -0.1) is 11.6 Å². The molecule has 0 fully saturated rings. The number of ether oxygens (including phenoxy) is 2.